The lowest BCUT2D eigenvalue weighted by Crippen LogP contribution is -2.28. The SMILES string of the molecule is COC1(c2ccc(C(C)(C)COC=O)cc2)CCCO1. The largest absolute Gasteiger partial charge is 0.467 e. The van der Waals surface area contributed by atoms with E-state index >= 15 is 0 Å². The third-order valence-electron chi connectivity index (χ3n) is 3.93. The molecule has 0 amide bonds. The molecule has 1 unspecified atom stereocenters. The smallest absolute Gasteiger partial charge is 0.293 e. The van der Waals surface area contributed by atoms with Gasteiger partial charge in [-0.3, -0.25) is 4.79 Å². The molecule has 1 atom stereocenters. The quantitative estimate of drug-likeness (QED) is 0.751. The van der Waals surface area contributed by atoms with Gasteiger partial charge in [-0.05, 0) is 12.0 Å². The van der Waals surface area contributed by atoms with Gasteiger partial charge in [0.1, 0.15) is 6.61 Å². The minimum atomic E-state index is -0.595. The fraction of sp³-hybridized carbons (Fsp3) is 0.562. The maximum atomic E-state index is 10.3. The molecule has 1 aromatic carbocycles. The zero-order chi connectivity index (χ0) is 14.6. The van der Waals surface area contributed by atoms with Crippen LogP contribution in [0.4, 0.5) is 0 Å². The van der Waals surface area contributed by atoms with Crippen molar-refractivity contribution in [3.05, 3.63) is 35.4 Å². The van der Waals surface area contributed by atoms with E-state index < -0.39 is 5.79 Å². The highest BCUT2D eigenvalue weighted by Gasteiger charge is 2.37. The second-order valence-electron chi connectivity index (χ2n) is 5.78. The standard InChI is InChI=1S/C16H22O4/c1-15(2,11-19-12-17)13-5-7-14(8-6-13)16(18-3)9-4-10-20-16/h5-8,12H,4,9-11H2,1-3H3. The minimum absolute atomic E-state index is 0.212. The van der Waals surface area contributed by atoms with Crippen molar-refractivity contribution in [3.8, 4) is 0 Å². The van der Waals surface area contributed by atoms with Gasteiger partial charge in [0.2, 0.25) is 0 Å². The van der Waals surface area contributed by atoms with Crippen LogP contribution < -0.4 is 0 Å². The van der Waals surface area contributed by atoms with Crippen LogP contribution in [0.1, 0.15) is 37.8 Å². The molecule has 0 N–H and O–H groups in total. The van der Waals surface area contributed by atoms with Crippen LogP contribution >= 0.6 is 0 Å². The summed E-state index contributed by atoms with van der Waals surface area (Å²) >= 11 is 0. The van der Waals surface area contributed by atoms with Gasteiger partial charge >= 0.3 is 0 Å². The predicted octanol–water partition coefficient (Wildman–Crippen LogP) is 2.75. The molecule has 20 heavy (non-hydrogen) atoms. The third-order valence-corrected chi connectivity index (χ3v) is 3.93. The Labute approximate surface area is 120 Å². The van der Waals surface area contributed by atoms with Gasteiger partial charge in [-0.2, -0.15) is 0 Å². The lowest BCUT2D eigenvalue weighted by Gasteiger charge is -2.29. The Morgan fingerprint density at radius 1 is 1.35 bits per heavy atom. The second-order valence-corrected chi connectivity index (χ2v) is 5.78. The predicted molar refractivity (Wildman–Crippen MR) is 75.4 cm³/mol. The molecule has 0 spiro atoms. The second kappa shape index (κ2) is 5.94. The molecular formula is C16H22O4. The molecule has 4 heteroatoms. The molecule has 0 radical (unpaired) electrons. The van der Waals surface area contributed by atoms with Crippen molar-refractivity contribution in [2.24, 2.45) is 0 Å². The first-order valence-corrected chi connectivity index (χ1v) is 6.89. The van der Waals surface area contributed by atoms with Crippen LogP contribution in [0.25, 0.3) is 0 Å². The molecule has 1 fully saturated rings. The summed E-state index contributed by atoms with van der Waals surface area (Å²) in [5.41, 5.74) is 1.94. The lowest BCUT2D eigenvalue weighted by molar-refractivity contribution is -0.201. The van der Waals surface area contributed by atoms with E-state index in [1.165, 1.54) is 0 Å². The van der Waals surface area contributed by atoms with Gasteiger partial charge in [-0.1, -0.05) is 38.1 Å². The molecule has 1 saturated heterocycles. The highest BCUT2D eigenvalue weighted by molar-refractivity contribution is 5.38. The first-order valence-electron chi connectivity index (χ1n) is 6.89. The molecule has 1 aliphatic heterocycles. The maximum absolute atomic E-state index is 10.3. The topological polar surface area (TPSA) is 44.8 Å². The van der Waals surface area contributed by atoms with Crippen molar-refractivity contribution in [1.82, 2.24) is 0 Å². The summed E-state index contributed by atoms with van der Waals surface area (Å²) in [7, 11) is 1.68. The molecule has 0 aromatic heterocycles. The zero-order valence-electron chi connectivity index (χ0n) is 12.3. The lowest BCUT2D eigenvalue weighted by atomic mass is 9.84. The van der Waals surface area contributed by atoms with E-state index in [-0.39, 0.29) is 5.41 Å². The zero-order valence-corrected chi connectivity index (χ0v) is 12.3. The number of rotatable bonds is 6. The van der Waals surface area contributed by atoms with E-state index in [2.05, 4.69) is 0 Å². The normalized spacial score (nSPS) is 22.8. The summed E-state index contributed by atoms with van der Waals surface area (Å²) in [5.74, 6) is -0.595. The number of carbonyl (C=O) groups excluding carboxylic acids is 1. The van der Waals surface area contributed by atoms with E-state index in [0.717, 1.165) is 30.6 Å². The Hall–Kier alpha value is -1.39. The molecule has 1 aliphatic rings. The van der Waals surface area contributed by atoms with Gasteiger partial charge in [-0.15, -0.1) is 0 Å². The Morgan fingerprint density at radius 3 is 2.55 bits per heavy atom. The Morgan fingerprint density at radius 2 is 2.05 bits per heavy atom. The molecule has 0 saturated carbocycles. The van der Waals surface area contributed by atoms with Crippen molar-refractivity contribution < 1.29 is 19.0 Å². The number of methoxy groups -OCH3 is 1. The summed E-state index contributed by atoms with van der Waals surface area (Å²) in [6.45, 7) is 5.67. The van der Waals surface area contributed by atoms with Crippen molar-refractivity contribution in [2.45, 2.75) is 37.9 Å². The van der Waals surface area contributed by atoms with E-state index in [9.17, 15) is 4.79 Å². The van der Waals surface area contributed by atoms with Crippen LogP contribution in [0.3, 0.4) is 0 Å². The monoisotopic (exact) mass is 278 g/mol. The number of hydrogen-bond donors (Lipinski definition) is 0. The molecule has 2 rings (SSSR count). The van der Waals surface area contributed by atoms with Crippen LogP contribution in [0.2, 0.25) is 0 Å². The molecular weight excluding hydrogens is 256 g/mol. The summed E-state index contributed by atoms with van der Waals surface area (Å²) in [4.78, 5) is 10.3. The van der Waals surface area contributed by atoms with E-state index in [1.807, 2.05) is 38.1 Å². The van der Waals surface area contributed by atoms with Crippen molar-refractivity contribution >= 4 is 6.47 Å². The van der Waals surface area contributed by atoms with Crippen LogP contribution in [0, 0.1) is 0 Å². The van der Waals surface area contributed by atoms with Crippen molar-refractivity contribution in [3.63, 3.8) is 0 Å². The van der Waals surface area contributed by atoms with E-state index in [4.69, 9.17) is 14.2 Å². The van der Waals surface area contributed by atoms with Crippen molar-refractivity contribution in [1.29, 1.82) is 0 Å². The van der Waals surface area contributed by atoms with Gasteiger partial charge in [0.15, 0.2) is 5.79 Å². The fourth-order valence-electron chi connectivity index (χ4n) is 2.62. The van der Waals surface area contributed by atoms with Gasteiger partial charge in [-0.25, -0.2) is 0 Å². The Bertz CT molecular complexity index is 444. The molecule has 0 aliphatic carbocycles. The van der Waals surface area contributed by atoms with E-state index in [1.54, 1.807) is 7.11 Å². The Kier molecular flexibility index (Phi) is 4.45. The van der Waals surface area contributed by atoms with Crippen molar-refractivity contribution in [2.75, 3.05) is 20.3 Å². The maximum Gasteiger partial charge on any atom is 0.293 e. The summed E-state index contributed by atoms with van der Waals surface area (Å²) < 4.78 is 16.2. The average Bonchev–Trinajstić information content (AvgIpc) is 2.95. The Balaban J connectivity index is 2.19. The average molecular weight is 278 g/mol. The molecule has 0 bridgehead atoms. The van der Waals surface area contributed by atoms with Gasteiger partial charge < -0.3 is 14.2 Å². The summed E-state index contributed by atoms with van der Waals surface area (Å²) in [6.07, 6.45) is 1.88. The van der Waals surface area contributed by atoms with Gasteiger partial charge in [0.05, 0.1) is 6.61 Å². The third kappa shape index (κ3) is 2.86. The van der Waals surface area contributed by atoms with E-state index in [0.29, 0.717) is 13.1 Å². The number of carbonyl (C=O) groups is 1. The van der Waals surface area contributed by atoms with Crippen LogP contribution in [-0.4, -0.2) is 26.8 Å². The highest BCUT2D eigenvalue weighted by atomic mass is 16.7. The van der Waals surface area contributed by atoms with Gasteiger partial charge in [0, 0.05) is 24.5 Å². The van der Waals surface area contributed by atoms with Crippen LogP contribution in [0.5, 0.6) is 0 Å². The number of ether oxygens (including phenoxy) is 3. The molecule has 110 valence electrons. The number of hydrogen-bond acceptors (Lipinski definition) is 4. The number of benzene rings is 1. The molecule has 4 nitrogen and oxygen atoms in total. The summed E-state index contributed by atoms with van der Waals surface area (Å²) in [6, 6.07) is 8.16. The highest BCUT2D eigenvalue weighted by Crippen LogP contribution is 2.37. The molecule has 1 aromatic rings. The first-order chi connectivity index (χ1) is 9.54. The fourth-order valence-corrected chi connectivity index (χ4v) is 2.62. The van der Waals surface area contributed by atoms with Gasteiger partial charge in [0.25, 0.3) is 6.47 Å². The first kappa shape index (κ1) is 15.0. The minimum Gasteiger partial charge on any atom is -0.467 e. The summed E-state index contributed by atoms with van der Waals surface area (Å²) in [5, 5.41) is 0. The van der Waals surface area contributed by atoms with Crippen LogP contribution in [0.15, 0.2) is 24.3 Å². The van der Waals surface area contributed by atoms with Crippen LogP contribution in [-0.2, 0) is 30.2 Å². The molecule has 1 heterocycles.